The number of rotatable bonds is 8. The summed E-state index contributed by atoms with van der Waals surface area (Å²) in [4.78, 5) is 39.1. The summed E-state index contributed by atoms with van der Waals surface area (Å²) in [5.41, 5.74) is 1.99. The van der Waals surface area contributed by atoms with Gasteiger partial charge in [-0.15, -0.1) is 0 Å². The lowest BCUT2D eigenvalue weighted by Crippen LogP contribution is -2.33. The lowest BCUT2D eigenvalue weighted by molar-refractivity contribution is -0.139. The van der Waals surface area contributed by atoms with E-state index in [1.807, 2.05) is 0 Å². The third kappa shape index (κ3) is 4.79. The Labute approximate surface area is 155 Å². The molecule has 3 rings (SSSR count). The number of aromatic nitrogens is 1. The van der Waals surface area contributed by atoms with E-state index in [0.29, 0.717) is 12.2 Å². The Morgan fingerprint density at radius 1 is 1.11 bits per heavy atom. The van der Waals surface area contributed by atoms with Crippen molar-refractivity contribution in [2.45, 2.75) is 12.8 Å². The van der Waals surface area contributed by atoms with Crippen LogP contribution in [-0.2, 0) is 14.3 Å². The molecule has 3 amide bonds. The number of H-pyrrole nitrogens is 1. The summed E-state index contributed by atoms with van der Waals surface area (Å²) in [6.07, 6.45) is 2.22. The fourth-order valence-electron chi connectivity index (χ4n) is 2.80. The van der Waals surface area contributed by atoms with Gasteiger partial charge >= 0.3 is 0 Å². The van der Waals surface area contributed by atoms with Crippen molar-refractivity contribution in [1.29, 1.82) is 0 Å². The minimum absolute atomic E-state index is 0.166. The van der Waals surface area contributed by atoms with Gasteiger partial charge in [-0.1, -0.05) is 12.1 Å². The highest BCUT2D eigenvalue weighted by Gasteiger charge is 2.28. The van der Waals surface area contributed by atoms with Crippen LogP contribution in [0, 0.1) is 5.82 Å². The number of ether oxygens (including phenoxy) is 1. The first-order chi connectivity index (χ1) is 13.0. The topological polar surface area (TPSA) is 91.5 Å². The summed E-state index contributed by atoms with van der Waals surface area (Å²) in [7, 11) is 0. The van der Waals surface area contributed by atoms with Crippen LogP contribution in [0.2, 0.25) is 0 Å². The predicted octanol–water partition coefficient (Wildman–Crippen LogP) is 1.72. The molecule has 2 heterocycles. The van der Waals surface area contributed by atoms with E-state index >= 15 is 0 Å². The van der Waals surface area contributed by atoms with Crippen LogP contribution in [0.25, 0.3) is 11.1 Å². The van der Waals surface area contributed by atoms with Gasteiger partial charge in [0.1, 0.15) is 11.5 Å². The first-order valence-electron chi connectivity index (χ1n) is 8.68. The highest BCUT2D eigenvalue weighted by Crippen LogP contribution is 2.20. The van der Waals surface area contributed by atoms with Crippen molar-refractivity contribution in [3.05, 3.63) is 48.0 Å². The Morgan fingerprint density at radius 2 is 1.81 bits per heavy atom. The number of hydrogen-bond acceptors (Lipinski definition) is 4. The highest BCUT2D eigenvalue weighted by molar-refractivity contribution is 6.01. The van der Waals surface area contributed by atoms with E-state index in [0.717, 1.165) is 11.1 Å². The number of amides is 3. The van der Waals surface area contributed by atoms with Crippen molar-refractivity contribution >= 4 is 17.7 Å². The molecule has 2 N–H and O–H groups in total. The van der Waals surface area contributed by atoms with Crippen LogP contribution in [0.5, 0.6) is 0 Å². The van der Waals surface area contributed by atoms with Gasteiger partial charge in [0.05, 0.1) is 19.8 Å². The number of aromatic amines is 1. The number of imide groups is 1. The van der Waals surface area contributed by atoms with Crippen LogP contribution in [0.3, 0.4) is 0 Å². The summed E-state index contributed by atoms with van der Waals surface area (Å²) in [6.45, 7) is 1.05. The second-order valence-electron chi connectivity index (χ2n) is 6.12. The Hall–Kier alpha value is -3.00. The average Bonchev–Trinajstić information content (AvgIpc) is 3.27. The number of halogens is 1. The second kappa shape index (κ2) is 8.59. The van der Waals surface area contributed by atoms with Gasteiger partial charge in [0.2, 0.25) is 11.8 Å². The van der Waals surface area contributed by atoms with E-state index in [1.54, 1.807) is 24.4 Å². The molecule has 1 aliphatic heterocycles. The zero-order valence-corrected chi connectivity index (χ0v) is 14.7. The molecule has 2 aromatic rings. The van der Waals surface area contributed by atoms with E-state index < -0.39 is 0 Å². The van der Waals surface area contributed by atoms with E-state index in [2.05, 4.69) is 10.3 Å². The number of carbonyl (C=O) groups excluding carboxylic acids is 3. The first-order valence-corrected chi connectivity index (χ1v) is 8.68. The molecule has 8 heteroatoms. The molecule has 0 atom stereocenters. The molecule has 1 aromatic carbocycles. The minimum atomic E-state index is -0.314. The third-order valence-electron chi connectivity index (χ3n) is 4.25. The van der Waals surface area contributed by atoms with E-state index in [1.165, 1.54) is 17.0 Å². The van der Waals surface area contributed by atoms with Gasteiger partial charge < -0.3 is 15.0 Å². The molecule has 7 nitrogen and oxygen atoms in total. The van der Waals surface area contributed by atoms with E-state index in [9.17, 15) is 18.8 Å². The van der Waals surface area contributed by atoms with Gasteiger partial charge in [-0.3, -0.25) is 19.3 Å². The molecule has 142 valence electrons. The molecule has 0 bridgehead atoms. The molecule has 0 aliphatic carbocycles. The molecule has 1 fully saturated rings. The quantitative estimate of drug-likeness (QED) is 0.544. The van der Waals surface area contributed by atoms with Gasteiger partial charge in [0, 0.05) is 25.6 Å². The minimum Gasteiger partial charge on any atom is -0.378 e. The van der Waals surface area contributed by atoms with Gasteiger partial charge in [-0.25, -0.2) is 4.39 Å². The van der Waals surface area contributed by atoms with Crippen LogP contribution in [0.1, 0.15) is 23.3 Å². The summed E-state index contributed by atoms with van der Waals surface area (Å²) in [6, 6.07) is 7.70. The van der Waals surface area contributed by atoms with E-state index in [-0.39, 0.29) is 56.1 Å². The Morgan fingerprint density at radius 3 is 2.52 bits per heavy atom. The Balaban J connectivity index is 1.38. The van der Waals surface area contributed by atoms with Gasteiger partial charge in [0.25, 0.3) is 5.91 Å². The molecule has 1 aliphatic rings. The highest BCUT2D eigenvalue weighted by atomic mass is 19.1. The van der Waals surface area contributed by atoms with Crippen molar-refractivity contribution < 1.29 is 23.5 Å². The predicted molar refractivity (Wildman–Crippen MR) is 95.3 cm³/mol. The Kier molecular flexibility index (Phi) is 5.97. The van der Waals surface area contributed by atoms with Gasteiger partial charge in [-0.2, -0.15) is 0 Å². The summed E-state index contributed by atoms with van der Waals surface area (Å²) < 4.78 is 18.3. The van der Waals surface area contributed by atoms with Gasteiger partial charge in [0.15, 0.2) is 0 Å². The zero-order chi connectivity index (χ0) is 19.2. The van der Waals surface area contributed by atoms with Crippen molar-refractivity contribution in [3.8, 4) is 11.1 Å². The van der Waals surface area contributed by atoms with Crippen molar-refractivity contribution in [1.82, 2.24) is 15.2 Å². The Bertz CT molecular complexity index is 816. The maximum Gasteiger partial charge on any atom is 0.267 e. The number of likely N-dealkylation sites (tertiary alicyclic amines) is 1. The van der Waals surface area contributed by atoms with Crippen molar-refractivity contribution in [3.63, 3.8) is 0 Å². The number of carbonyl (C=O) groups is 3. The summed E-state index contributed by atoms with van der Waals surface area (Å²) >= 11 is 0. The van der Waals surface area contributed by atoms with Crippen LogP contribution < -0.4 is 5.32 Å². The number of nitrogens with zero attached hydrogens (tertiary/aromatic N) is 1. The lowest BCUT2D eigenvalue weighted by atomic mass is 10.1. The fourth-order valence-corrected chi connectivity index (χ4v) is 2.80. The smallest absolute Gasteiger partial charge is 0.267 e. The fraction of sp³-hybridized carbons (Fsp3) is 0.316. The lowest BCUT2D eigenvalue weighted by Gasteiger charge is -2.13. The monoisotopic (exact) mass is 373 g/mol. The first kappa shape index (κ1) is 18.8. The maximum absolute atomic E-state index is 13.0. The largest absolute Gasteiger partial charge is 0.378 e. The molecular weight excluding hydrogens is 353 g/mol. The molecule has 0 radical (unpaired) electrons. The SMILES string of the molecule is O=C(NCCOCCN1C(=O)CCC1=O)c1cc(-c2ccc(F)cc2)c[nH]1. The number of benzene rings is 1. The summed E-state index contributed by atoms with van der Waals surface area (Å²) in [5.74, 6) is -0.927. The molecule has 0 unspecified atom stereocenters. The van der Waals surface area contributed by atoms with Crippen LogP contribution in [-0.4, -0.2) is 53.9 Å². The van der Waals surface area contributed by atoms with Crippen LogP contribution in [0.4, 0.5) is 4.39 Å². The average molecular weight is 373 g/mol. The van der Waals surface area contributed by atoms with E-state index in [4.69, 9.17) is 4.74 Å². The van der Waals surface area contributed by atoms with Gasteiger partial charge in [-0.05, 0) is 29.3 Å². The molecular formula is C19H20FN3O4. The van der Waals surface area contributed by atoms with Crippen LogP contribution >= 0.6 is 0 Å². The number of nitrogens with one attached hydrogen (secondary N) is 2. The zero-order valence-electron chi connectivity index (χ0n) is 14.7. The molecule has 0 spiro atoms. The third-order valence-corrected chi connectivity index (χ3v) is 4.25. The molecule has 0 saturated carbocycles. The molecule has 1 saturated heterocycles. The normalized spacial score (nSPS) is 14.0. The number of hydrogen-bond donors (Lipinski definition) is 2. The maximum atomic E-state index is 13.0. The molecule has 27 heavy (non-hydrogen) atoms. The summed E-state index contributed by atoms with van der Waals surface area (Å²) in [5, 5.41) is 2.72. The van der Waals surface area contributed by atoms with Crippen molar-refractivity contribution in [2.24, 2.45) is 0 Å². The second-order valence-corrected chi connectivity index (χ2v) is 6.12. The van der Waals surface area contributed by atoms with Crippen molar-refractivity contribution in [2.75, 3.05) is 26.3 Å². The molecule has 1 aromatic heterocycles. The standard InChI is InChI=1S/C19H20FN3O4/c20-15-3-1-13(2-4-15)14-11-16(22-12-14)19(26)21-7-9-27-10-8-23-17(24)5-6-18(23)25/h1-4,11-12,22H,5-10H2,(H,21,26). The van der Waals surface area contributed by atoms with Crippen LogP contribution in [0.15, 0.2) is 36.5 Å².